The first-order valence-corrected chi connectivity index (χ1v) is 8.70. The number of nitrogens with zero attached hydrogens (tertiary/aromatic N) is 1. The van der Waals surface area contributed by atoms with Crippen molar-refractivity contribution < 1.29 is 83.2 Å². The van der Waals surface area contributed by atoms with E-state index in [1.165, 1.54) is 24.1 Å². The number of quaternary nitrogens is 1. The van der Waals surface area contributed by atoms with E-state index >= 15 is 0 Å². The van der Waals surface area contributed by atoms with Crippen molar-refractivity contribution in [1.82, 2.24) is 0 Å². The number of ether oxygens (including phenoxy) is 1. The molecule has 0 spiro atoms. The van der Waals surface area contributed by atoms with E-state index in [0.29, 0.717) is 13.2 Å². The smallest absolute Gasteiger partial charge is 0.390 e. The van der Waals surface area contributed by atoms with Crippen molar-refractivity contribution >= 4 is 0 Å². The van der Waals surface area contributed by atoms with Gasteiger partial charge in [0.05, 0.1) is 26.8 Å². The summed E-state index contributed by atoms with van der Waals surface area (Å²) in [6.45, 7) is 9.32. The number of likely N-dealkylation sites (N-methyl/N-ethyl adjacent to an activating group) is 1. The fourth-order valence-corrected chi connectivity index (χ4v) is 4.13. The second kappa shape index (κ2) is 11.1. The van der Waals surface area contributed by atoms with E-state index < -0.39 is 0 Å². The summed E-state index contributed by atoms with van der Waals surface area (Å²) in [6, 6.07) is 8.55. The zero-order valence-electron chi connectivity index (χ0n) is 16.6. The molecule has 2 fully saturated rings. The first-order chi connectivity index (χ1) is 10.6. The van der Waals surface area contributed by atoms with Crippen LogP contribution < -0.4 is 68.9 Å². The summed E-state index contributed by atoms with van der Waals surface area (Å²) in [7, 11) is 2.29. The van der Waals surface area contributed by atoms with E-state index in [1.54, 1.807) is 0 Å². The van der Waals surface area contributed by atoms with Crippen molar-refractivity contribution in [1.29, 1.82) is 0 Å². The van der Waals surface area contributed by atoms with Crippen molar-refractivity contribution in [2.75, 3.05) is 26.7 Å². The molecule has 2 heterocycles. The Morgan fingerprint density at radius 3 is 2.42 bits per heavy atom. The average molecular weight is 454 g/mol. The maximum Gasteiger partial charge on any atom is 1.00 e. The molecule has 0 bridgehead atoms. The number of aliphatic hydroxyl groups excluding tert-OH is 1. The Labute approximate surface area is 208 Å². The van der Waals surface area contributed by atoms with Gasteiger partial charge in [0.15, 0.2) is 0 Å². The van der Waals surface area contributed by atoms with Crippen LogP contribution in [0.4, 0.5) is 0 Å². The Hall–Kier alpha value is 1.15. The van der Waals surface area contributed by atoms with Crippen LogP contribution in [-0.4, -0.2) is 48.0 Å². The van der Waals surface area contributed by atoms with Crippen LogP contribution in [0.2, 0.25) is 0 Å². The van der Waals surface area contributed by atoms with E-state index in [2.05, 4.69) is 38.2 Å². The van der Waals surface area contributed by atoms with Crippen LogP contribution in [0.5, 0.6) is 0 Å². The Kier molecular flexibility index (Phi) is 11.6. The second-order valence-electron chi connectivity index (χ2n) is 6.91. The van der Waals surface area contributed by atoms with Gasteiger partial charge in [-0.15, -0.1) is 0 Å². The molecule has 3 atom stereocenters. The van der Waals surface area contributed by atoms with Crippen LogP contribution in [0.25, 0.3) is 0 Å². The quantitative estimate of drug-likeness (QED) is 0.538. The molecule has 1 aromatic carbocycles. The zero-order chi connectivity index (χ0) is 16.2. The molecule has 1 N–H and O–H groups in total. The first-order valence-electron chi connectivity index (χ1n) is 8.70. The summed E-state index contributed by atoms with van der Waals surface area (Å²) in [5.74, 6) is 0. The van der Waals surface area contributed by atoms with Crippen LogP contribution in [0, 0.1) is 14.4 Å². The third-order valence-corrected chi connectivity index (χ3v) is 5.55. The van der Waals surface area contributed by atoms with Crippen molar-refractivity contribution in [3.8, 4) is 0 Å². The predicted molar refractivity (Wildman–Crippen MR) is 97.1 cm³/mol. The molecule has 2 saturated heterocycles. The molecule has 3 rings (SSSR count). The van der Waals surface area contributed by atoms with E-state index in [9.17, 15) is 5.11 Å². The molecule has 0 aliphatic carbocycles. The predicted octanol–water partition coefficient (Wildman–Crippen LogP) is 0.736. The molecule has 2 aliphatic rings. The van der Waals surface area contributed by atoms with Gasteiger partial charge in [-0.2, -0.15) is 0 Å². The van der Waals surface area contributed by atoms with Gasteiger partial charge < -0.3 is 21.8 Å². The third kappa shape index (κ3) is 5.33. The molecule has 132 valence electrons. The van der Waals surface area contributed by atoms with Crippen molar-refractivity contribution in [3.05, 3.63) is 42.8 Å². The largest absolute Gasteiger partial charge is 1.00 e. The number of hydrogen-bond acceptors (Lipinski definition) is 2. The van der Waals surface area contributed by atoms with Gasteiger partial charge in [0.2, 0.25) is 0 Å². The second-order valence-corrected chi connectivity index (χ2v) is 6.91. The standard InChI is InChI=1S/C17H26NO2.C2H6.CH3.Cs/c1-14-4-6-15(7-5-14)12-20-16-10-17(13-19)8-3-9-18(17,2)11-16;1-2;;/h4-7,16,19H,3,8-13H2,1-2H3;1-2H3;1H3;/q+1;;-1;+1. The molecule has 0 amide bonds. The molecule has 0 radical (unpaired) electrons. The van der Waals surface area contributed by atoms with Gasteiger partial charge >= 0.3 is 68.9 Å². The molecule has 1 aromatic rings. The summed E-state index contributed by atoms with van der Waals surface area (Å²) < 4.78 is 7.13. The van der Waals surface area contributed by atoms with Gasteiger partial charge in [-0.05, 0) is 12.5 Å². The fourth-order valence-electron chi connectivity index (χ4n) is 4.13. The fraction of sp³-hybridized carbons (Fsp3) is 0.650. The van der Waals surface area contributed by atoms with Gasteiger partial charge in [0.1, 0.15) is 18.2 Å². The minimum Gasteiger partial charge on any atom is -0.390 e. The van der Waals surface area contributed by atoms with Crippen LogP contribution in [0.3, 0.4) is 0 Å². The molecule has 3 nitrogen and oxygen atoms in total. The number of benzene rings is 1. The molecule has 0 aromatic heterocycles. The topological polar surface area (TPSA) is 29.5 Å². The summed E-state index contributed by atoms with van der Waals surface area (Å²) in [4.78, 5) is 0. The van der Waals surface area contributed by atoms with Crippen molar-refractivity contribution in [2.24, 2.45) is 0 Å². The van der Waals surface area contributed by atoms with Crippen LogP contribution >= 0.6 is 0 Å². The number of aryl methyl sites for hydroxylation is 1. The zero-order valence-corrected chi connectivity index (χ0v) is 22.9. The maximum absolute atomic E-state index is 9.85. The van der Waals surface area contributed by atoms with Gasteiger partial charge in [0, 0.05) is 19.3 Å². The molecule has 0 saturated carbocycles. The molecule has 24 heavy (non-hydrogen) atoms. The number of hydrogen-bond donors (Lipinski definition) is 1. The van der Waals surface area contributed by atoms with Crippen LogP contribution in [0.15, 0.2) is 24.3 Å². The number of rotatable bonds is 4. The van der Waals surface area contributed by atoms with E-state index in [-0.39, 0.29) is 88.0 Å². The van der Waals surface area contributed by atoms with Gasteiger partial charge in [0.25, 0.3) is 0 Å². The summed E-state index contributed by atoms with van der Waals surface area (Å²) >= 11 is 0. The molecule has 2 aliphatic heterocycles. The van der Waals surface area contributed by atoms with Crippen molar-refractivity contribution in [3.63, 3.8) is 0 Å². The summed E-state index contributed by atoms with van der Waals surface area (Å²) in [5, 5.41) is 9.85. The summed E-state index contributed by atoms with van der Waals surface area (Å²) in [6.07, 6.45) is 3.67. The molecule has 4 heteroatoms. The number of fused-ring (bicyclic) bond motifs is 1. The normalized spacial score (nSPS) is 30.5. The van der Waals surface area contributed by atoms with E-state index in [0.717, 1.165) is 23.9 Å². The Morgan fingerprint density at radius 1 is 1.25 bits per heavy atom. The SMILES string of the molecule is CC.Cc1ccc(COC2CC3(CO)CCC[N+]3(C)C2)cc1.[CH3-].[Cs+]. The van der Waals surface area contributed by atoms with E-state index in [1.807, 2.05) is 13.8 Å². The van der Waals surface area contributed by atoms with Gasteiger partial charge in [-0.1, -0.05) is 43.7 Å². The van der Waals surface area contributed by atoms with E-state index in [4.69, 9.17) is 4.74 Å². The Balaban J connectivity index is 0.00000128. The first kappa shape index (κ1) is 25.2. The van der Waals surface area contributed by atoms with Gasteiger partial charge in [-0.25, -0.2) is 0 Å². The summed E-state index contributed by atoms with van der Waals surface area (Å²) in [5.41, 5.74) is 2.59. The van der Waals surface area contributed by atoms with Gasteiger partial charge in [-0.3, -0.25) is 0 Å². The molecular weight excluding hydrogens is 419 g/mol. The maximum atomic E-state index is 9.85. The third-order valence-electron chi connectivity index (χ3n) is 5.55. The minimum atomic E-state index is 0. The van der Waals surface area contributed by atoms with Crippen LogP contribution in [0.1, 0.15) is 44.2 Å². The van der Waals surface area contributed by atoms with Crippen LogP contribution in [-0.2, 0) is 11.3 Å². The molecular formula is C20H35CsNO2+. The average Bonchev–Trinajstić information content (AvgIpc) is 2.98. The Morgan fingerprint density at radius 2 is 1.88 bits per heavy atom. The molecule has 3 unspecified atom stereocenters. The minimum absolute atomic E-state index is 0. The monoisotopic (exact) mass is 454 g/mol. The van der Waals surface area contributed by atoms with Crippen molar-refractivity contribution in [2.45, 2.75) is 58.3 Å². The number of aliphatic hydroxyl groups is 1. The Bertz CT molecular complexity index is 479.